The van der Waals surface area contributed by atoms with Gasteiger partial charge in [-0.2, -0.15) is 0 Å². The Balaban J connectivity index is 1.43. The van der Waals surface area contributed by atoms with Crippen molar-refractivity contribution in [3.05, 3.63) is 35.9 Å². The highest BCUT2D eigenvalue weighted by Gasteiger charge is 2.42. The monoisotopic (exact) mass is 341 g/mol. The minimum absolute atomic E-state index is 0.168. The summed E-state index contributed by atoms with van der Waals surface area (Å²) in [6, 6.07) is 10.8. The second kappa shape index (κ2) is 7.08. The van der Waals surface area contributed by atoms with Gasteiger partial charge in [0.15, 0.2) is 0 Å². The number of likely N-dealkylation sites (tertiary alicyclic amines) is 1. The van der Waals surface area contributed by atoms with E-state index in [1.54, 1.807) is 0 Å². The molecule has 0 unspecified atom stereocenters. The Bertz CT molecular complexity index is 600. The summed E-state index contributed by atoms with van der Waals surface area (Å²) in [6.45, 7) is 6.28. The molecule has 1 spiro atoms. The molecule has 1 amide bonds. The van der Waals surface area contributed by atoms with Crippen molar-refractivity contribution in [1.82, 2.24) is 14.7 Å². The predicted octanol–water partition coefficient (Wildman–Crippen LogP) is 2.60. The van der Waals surface area contributed by atoms with Gasteiger partial charge < -0.3 is 4.90 Å². The normalized spacial score (nSPS) is 29.2. The van der Waals surface area contributed by atoms with Crippen LogP contribution in [0.25, 0.3) is 0 Å². The van der Waals surface area contributed by atoms with E-state index < -0.39 is 0 Å². The van der Waals surface area contributed by atoms with Crippen molar-refractivity contribution < 1.29 is 4.79 Å². The molecule has 2 heterocycles. The highest BCUT2D eigenvalue weighted by molar-refractivity contribution is 5.76. The Morgan fingerprint density at radius 2 is 1.88 bits per heavy atom. The number of rotatable bonds is 4. The van der Waals surface area contributed by atoms with Crippen LogP contribution in [0.3, 0.4) is 0 Å². The third-order valence-corrected chi connectivity index (χ3v) is 6.51. The summed E-state index contributed by atoms with van der Waals surface area (Å²) >= 11 is 0. The smallest absolute Gasteiger partial charge is 0.222 e. The standard InChI is InChI=1S/C21H31N3O/c1-22-13-14-23(15-18-5-3-2-4-6-18)17-21(22)10-9-20(25)24(12-11-21)16-19-7-8-19/h2-6,19H,7-17H2,1H3/t21-/m1/s1. The van der Waals surface area contributed by atoms with E-state index in [0.717, 1.165) is 64.4 Å². The third kappa shape index (κ3) is 3.90. The van der Waals surface area contributed by atoms with E-state index in [9.17, 15) is 4.79 Å². The average molecular weight is 341 g/mol. The quantitative estimate of drug-likeness (QED) is 0.842. The first kappa shape index (κ1) is 17.0. The zero-order chi connectivity index (χ0) is 17.3. The highest BCUT2D eigenvalue weighted by atomic mass is 16.2. The predicted molar refractivity (Wildman–Crippen MR) is 100 cm³/mol. The van der Waals surface area contributed by atoms with E-state index in [2.05, 4.69) is 52.1 Å². The van der Waals surface area contributed by atoms with Crippen LogP contribution in [0, 0.1) is 5.92 Å². The SMILES string of the molecule is CN1CCN(Cc2ccccc2)C[C@]12CCC(=O)N(CC1CC1)CC2. The number of carbonyl (C=O) groups excluding carboxylic acids is 1. The lowest BCUT2D eigenvalue weighted by Gasteiger charge is -2.49. The number of benzene rings is 1. The molecule has 1 atom stereocenters. The maximum Gasteiger partial charge on any atom is 0.222 e. The van der Waals surface area contributed by atoms with Gasteiger partial charge in [-0.05, 0) is 44.2 Å². The summed E-state index contributed by atoms with van der Waals surface area (Å²) in [5.41, 5.74) is 1.56. The van der Waals surface area contributed by atoms with Gasteiger partial charge in [-0.1, -0.05) is 30.3 Å². The summed E-state index contributed by atoms with van der Waals surface area (Å²) in [5.74, 6) is 1.18. The van der Waals surface area contributed by atoms with Gasteiger partial charge in [0.05, 0.1) is 0 Å². The number of amides is 1. The maximum absolute atomic E-state index is 12.6. The summed E-state index contributed by atoms with van der Waals surface area (Å²) in [6.07, 6.45) is 5.48. The minimum Gasteiger partial charge on any atom is -0.342 e. The van der Waals surface area contributed by atoms with Crippen molar-refractivity contribution in [2.45, 2.75) is 44.2 Å². The average Bonchev–Trinajstić information content (AvgIpc) is 3.45. The van der Waals surface area contributed by atoms with E-state index in [1.807, 2.05) is 0 Å². The molecule has 1 saturated carbocycles. The van der Waals surface area contributed by atoms with Gasteiger partial charge in [0.2, 0.25) is 5.91 Å². The highest BCUT2D eigenvalue weighted by Crippen LogP contribution is 2.35. The topological polar surface area (TPSA) is 26.8 Å². The number of carbonyl (C=O) groups is 1. The van der Waals surface area contributed by atoms with Crippen LogP contribution >= 0.6 is 0 Å². The van der Waals surface area contributed by atoms with Crippen molar-refractivity contribution in [3.63, 3.8) is 0 Å². The molecular weight excluding hydrogens is 310 g/mol. The molecule has 1 aromatic carbocycles. The molecule has 0 bridgehead atoms. The van der Waals surface area contributed by atoms with Crippen LogP contribution in [0.5, 0.6) is 0 Å². The number of likely N-dealkylation sites (N-methyl/N-ethyl adjacent to an activating group) is 1. The van der Waals surface area contributed by atoms with Gasteiger partial charge in [-0.3, -0.25) is 14.6 Å². The third-order valence-electron chi connectivity index (χ3n) is 6.51. The Morgan fingerprint density at radius 3 is 2.64 bits per heavy atom. The number of hydrogen-bond acceptors (Lipinski definition) is 3. The van der Waals surface area contributed by atoms with Crippen molar-refractivity contribution in [1.29, 1.82) is 0 Å². The lowest BCUT2D eigenvalue weighted by molar-refractivity contribution is -0.131. The van der Waals surface area contributed by atoms with Crippen LogP contribution in [0.15, 0.2) is 30.3 Å². The van der Waals surface area contributed by atoms with Gasteiger partial charge in [-0.25, -0.2) is 0 Å². The van der Waals surface area contributed by atoms with Crippen LogP contribution in [0.4, 0.5) is 0 Å². The van der Waals surface area contributed by atoms with E-state index >= 15 is 0 Å². The molecule has 3 fully saturated rings. The molecule has 0 N–H and O–H groups in total. The fraction of sp³-hybridized carbons (Fsp3) is 0.667. The Kier molecular flexibility index (Phi) is 4.83. The first-order valence-electron chi connectivity index (χ1n) is 9.90. The van der Waals surface area contributed by atoms with Gasteiger partial charge in [0.1, 0.15) is 0 Å². The van der Waals surface area contributed by atoms with Crippen molar-refractivity contribution >= 4 is 5.91 Å². The molecular formula is C21H31N3O. The summed E-state index contributed by atoms with van der Waals surface area (Å²) < 4.78 is 0. The molecule has 4 heteroatoms. The van der Waals surface area contributed by atoms with Crippen LogP contribution < -0.4 is 0 Å². The first-order valence-corrected chi connectivity index (χ1v) is 9.90. The van der Waals surface area contributed by atoms with Gasteiger partial charge in [-0.15, -0.1) is 0 Å². The van der Waals surface area contributed by atoms with Crippen molar-refractivity contribution in [2.75, 3.05) is 39.8 Å². The molecule has 2 saturated heterocycles. The minimum atomic E-state index is 0.168. The van der Waals surface area contributed by atoms with Gasteiger partial charge in [0.25, 0.3) is 0 Å². The van der Waals surface area contributed by atoms with Crippen molar-refractivity contribution in [2.24, 2.45) is 5.92 Å². The lowest BCUT2D eigenvalue weighted by Crippen LogP contribution is -2.60. The fourth-order valence-corrected chi connectivity index (χ4v) is 4.56. The summed E-state index contributed by atoms with van der Waals surface area (Å²) in [5, 5.41) is 0. The second-order valence-electron chi connectivity index (χ2n) is 8.38. The second-order valence-corrected chi connectivity index (χ2v) is 8.38. The molecule has 25 heavy (non-hydrogen) atoms. The maximum atomic E-state index is 12.6. The summed E-state index contributed by atoms with van der Waals surface area (Å²) in [7, 11) is 2.26. The van der Waals surface area contributed by atoms with Crippen LogP contribution in [-0.4, -0.2) is 65.9 Å². The number of hydrogen-bond donors (Lipinski definition) is 0. The molecule has 0 aromatic heterocycles. The van der Waals surface area contributed by atoms with E-state index in [0.29, 0.717) is 5.91 Å². The Hall–Kier alpha value is -1.39. The number of nitrogens with zero attached hydrogens (tertiary/aromatic N) is 3. The molecule has 136 valence electrons. The van der Waals surface area contributed by atoms with Gasteiger partial charge in [0, 0.05) is 51.2 Å². The Labute approximate surface area is 151 Å². The van der Waals surface area contributed by atoms with Gasteiger partial charge >= 0.3 is 0 Å². The fourth-order valence-electron chi connectivity index (χ4n) is 4.56. The number of piperazine rings is 1. The van der Waals surface area contributed by atoms with E-state index in [1.165, 1.54) is 18.4 Å². The summed E-state index contributed by atoms with van der Waals surface area (Å²) in [4.78, 5) is 19.9. The molecule has 1 aromatic rings. The molecule has 4 rings (SSSR count). The van der Waals surface area contributed by atoms with Crippen LogP contribution in [0.2, 0.25) is 0 Å². The van der Waals surface area contributed by atoms with Crippen LogP contribution in [0.1, 0.15) is 37.7 Å². The van der Waals surface area contributed by atoms with E-state index in [-0.39, 0.29) is 5.54 Å². The molecule has 1 aliphatic carbocycles. The molecule has 0 radical (unpaired) electrons. The molecule has 4 nitrogen and oxygen atoms in total. The zero-order valence-electron chi connectivity index (χ0n) is 15.5. The largest absolute Gasteiger partial charge is 0.342 e. The lowest BCUT2D eigenvalue weighted by atomic mass is 9.86. The Morgan fingerprint density at radius 1 is 1.08 bits per heavy atom. The molecule has 2 aliphatic heterocycles. The van der Waals surface area contributed by atoms with Crippen LogP contribution in [-0.2, 0) is 11.3 Å². The zero-order valence-corrected chi connectivity index (χ0v) is 15.5. The van der Waals surface area contributed by atoms with E-state index in [4.69, 9.17) is 0 Å². The first-order chi connectivity index (χ1) is 12.1. The van der Waals surface area contributed by atoms with Crippen molar-refractivity contribution in [3.8, 4) is 0 Å². The molecule has 3 aliphatic rings.